The van der Waals surface area contributed by atoms with Crippen molar-refractivity contribution in [1.82, 2.24) is 0 Å². The Bertz CT molecular complexity index is 488. The molecule has 1 aromatic carbocycles. The van der Waals surface area contributed by atoms with Gasteiger partial charge in [-0.05, 0) is 37.8 Å². The van der Waals surface area contributed by atoms with Crippen molar-refractivity contribution in [3.05, 3.63) is 29.8 Å². The number of hydrogen-bond acceptors (Lipinski definition) is 3. The lowest BCUT2D eigenvalue weighted by atomic mass is 9.86. The van der Waals surface area contributed by atoms with Crippen molar-refractivity contribution < 1.29 is 18.1 Å². The van der Waals surface area contributed by atoms with Crippen molar-refractivity contribution in [3.8, 4) is 0 Å². The Hall–Kier alpha value is -0.910. The van der Waals surface area contributed by atoms with Crippen LogP contribution >= 0.6 is 0 Å². The van der Waals surface area contributed by atoms with Gasteiger partial charge < -0.3 is 5.11 Å². The van der Waals surface area contributed by atoms with Gasteiger partial charge in [0.05, 0.1) is 4.90 Å². The van der Waals surface area contributed by atoms with Gasteiger partial charge in [0.1, 0.15) is 0 Å². The van der Waals surface area contributed by atoms with Gasteiger partial charge in [0, 0.05) is 6.61 Å². The fourth-order valence-electron chi connectivity index (χ4n) is 2.57. The summed E-state index contributed by atoms with van der Waals surface area (Å²) >= 11 is 0. The van der Waals surface area contributed by atoms with E-state index >= 15 is 0 Å². The van der Waals surface area contributed by atoms with Crippen LogP contribution in [0.2, 0.25) is 0 Å². The Balaban J connectivity index is 0.000000211. The van der Waals surface area contributed by atoms with Crippen molar-refractivity contribution in [2.45, 2.75) is 56.8 Å². The lowest BCUT2D eigenvalue weighted by Gasteiger charge is -2.20. The predicted octanol–water partition coefficient (Wildman–Crippen LogP) is 3.58. The van der Waals surface area contributed by atoms with Gasteiger partial charge in [0.25, 0.3) is 10.1 Å². The van der Waals surface area contributed by atoms with Crippen molar-refractivity contribution in [2.75, 3.05) is 6.61 Å². The van der Waals surface area contributed by atoms with E-state index < -0.39 is 10.1 Å². The van der Waals surface area contributed by atoms with E-state index in [1.165, 1.54) is 50.7 Å². The second kappa shape index (κ2) is 9.18. The Morgan fingerprint density at radius 3 is 2.14 bits per heavy atom. The van der Waals surface area contributed by atoms with Crippen LogP contribution in [-0.2, 0) is 10.1 Å². The Morgan fingerprint density at radius 2 is 1.67 bits per heavy atom. The Morgan fingerprint density at radius 1 is 1.10 bits per heavy atom. The molecule has 2 rings (SSSR count). The summed E-state index contributed by atoms with van der Waals surface area (Å²) in [5, 5.41) is 8.60. The molecule has 1 aromatic rings. The molecule has 5 heteroatoms. The highest BCUT2D eigenvalue weighted by Gasteiger charge is 2.11. The van der Waals surface area contributed by atoms with Crippen LogP contribution < -0.4 is 0 Å². The van der Waals surface area contributed by atoms with E-state index in [0.29, 0.717) is 6.61 Å². The van der Waals surface area contributed by atoms with Crippen LogP contribution in [0.25, 0.3) is 0 Å². The topological polar surface area (TPSA) is 74.6 Å². The quantitative estimate of drug-likeness (QED) is 0.833. The molecule has 1 saturated carbocycles. The third kappa shape index (κ3) is 7.60. The molecular weight excluding hydrogens is 288 g/mol. The van der Waals surface area contributed by atoms with Crippen LogP contribution in [0.3, 0.4) is 0 Å². The van der Waals surface area contributed by atoms with Crippen LogP contribution in [-0.4, -0.2) is 24.7 Å². The van der Waals surface area contributed by atoms with Crippen LogP contribution in [0, 0.1) is 12.8 Å². The largest absolute Gasteiger partial charge is 0.396 e. The molecule has 0 unspecified atom stereocenters. The molecule has 0 radical (unpaired) electrons. The average Bonchev–Trinajstić information content (AvgIpc) is 2.46. The lowest BCUT2D eigenvalue weighted by molar-refractivity contribution is 0.253. The van der Waals surface area contributed by atoms with Crippen molar-refractivity contribution in [3.63, 3.8) is 0 Å². The highest BCUT2D eigenvalue weighted by molar-refractivity contribution is 7.85. The molecule has 0 bridgehead atoms. The maximum absolute atomic E-state index is 10.5. The fraction of sp³-hybridized carbons (Fsp3) is 0.625. The molecule has 0 spiro atoms. The third-order valence-electron chi connectivity index (χ3n) is 3.81. The molecule has 0 aliphatic heterocycles. The summed E-state index contributed by atoms with van der Waals surface area (Å²) in [4.78, 5) is -0.0666. The van der Waals surface area contributed by atoms with Gasteiger partial charge in [0.15, 0.2) is 0 Å². The molecule has 0 amide bonds. The number of aryl methyl sites for hydroxylation is 1. The minimum Gasteiger partial charge on any atom is -0.396 e. The van der Waals surface area contributed by atoms with Gasteiger partial charge in [-0.15, -0.1) is 0 Å². The molecule has 1 aliphatic rings. The van der Waals surface area contributed by atoms with Crippen molar-refractivity contribution >= 4 is 10.1 Å². The normalized spacial score (nSPS) is 16.1. The maximum Gasteiger partial charge on any atom is 0.294 e. The van der Waals surface area contributed by atoms with E-state index in [-0.39, 0.29) is 4.90 Å². The summed E-state index contributed by atoms with van der Waals surface area (Å²) in [6, 6.07) is 5.99. The molecule has 21 heavy (non-hydrogen) atoms. The van der Waals surface area contributed by atoms with Gasteiger partial charge in [-0.1, -0.05) is 49.8 Å². The van der Waals surface area contributed by atoms with E-state index in [9.17, 15) is 8.42 Å². The SMILES string of the molecule is Cc1ccc(S(=O)(=O)O)cc1.OCCCC1CCCCC1. The zero-order valence-corrected chi connectivity index (χ0v) is 13.5. The summed E-state index contributed by atoms with van der Waals surface area (Å²) in [5.41, 5.74) is 0.956. The maximum atomic E-state index is 10.5. The summed E-state index contributed by atoms with van der Waals surface area (Å²) in [6.07, 6.45) is 9.41. The molecule has 0 heterocycles. The van der Waals surface area contributed by atoms with Crippen molar-refractivity contribution in [1.29, 1.82) is 0 Å². The monoisotopic (exact) mass is 314 g/mol. The van der Waals surface area contributed by atoms with Crippen LogP contribution in [0.1, 0.15) is 50.5 Å². The first-order valence-electron chi connectivity index (χ1n) is 7.58. The second-order valence-electron chi connectivity index (χ2n) is 5.66. The smallest absolute Gasteiger partial charge is 0.294 e. The Kier molecular flexibility index (Phi) is 7.93. The standard InChI is InChI=1S/C9H18O.C7H8O3S/c10-8-4-7-9-5-2-1-3-6-9;1-6-2-4-7(5-3-6)11(8,9)10/h9-10H,1-8H2;2-5H,1H3,(H,8,9,10). The summed E-state index contributed by atoms with van der Waals surface area (Å²) in [5.74, 6) is 0.945. The molecule has 1 aliphatic carbocycles. The highest BCUT2D eigenvalue weighted by Crippen LogP contribution is 2.26. The summed E-state index contributed by atoms with van der Waals surface area (Å²) in [6.45, 7) is 2.23. The van der Waals surface area contributed by atoms with E-state index in [4.69, 9.17) is 9.66 Å². The predicted molar refractivity (Wildman–Crippen MR) is 83.9 cm³/mol. The zero-order chi connectivity index (χ0) is 15.7. The van der Waals surface area contributed by atoms with E-state index in [2.05, 4.69) is 0 Å². The zero-order valence-electron chi connectivity index (χ0n) is 12.7. The lowest BCUT2D eigenvalue weighted by Crippen LogP contribution is -2.06. The number of hydrogen-bond donors (Lipinski definition) is 2. The molecule has 0 saturated heterocycles. The van der Waals surface area contributed by atoms with Crippen LogP contribution in [0.15, 0.2) is 29.2 Å². The number of aliphatic hydroxyl groups is 1. The first kappa shape index (κ1) is 18.1. The van der Waals surface area contributed by atoms with Gasteiger partial charge in [0.2, 0.25) is 0 Å². The average molecular weight is 314 g/mol. The van der Waals surface area contributed by atoms with E-state index in [1.54, 1.807) is 12.1 Å². The van der Waals surface area contributed by atoms with Gasteiger partial charge in [-0.25, -0.2) is 0 Å². The molecule has 4 nitrogen and oxygen atoms in total. The number of rotatable bonds is 4. The molecule has 120 valence electrons. The number of aliphatic hydroxyl groups excluding tert-OH is 1. The van der Waals surface area contributed by atoms with Gasteiger partial charge >= 0.3 is 0 Å². The van der Waals surface area contributed by atoms with E-state index in [0.717, 1.165) is 17.9 Å². The minimum atomic E-state index is -4.02. The first-order chi connectivity index (χ1) is 9.93. The van der Waals surface area contributed by atoms with Gasteiger partial charge in [-0.2, -0.15) is 8.42 Å². The molecular formula is C16H26O4S. The van der Waals surface area contributed by atoms with Crippen LogP contribution in [0.4, 0.5) is 0 Å². The number of benzene rings is 1. The second-order valence-corrected chi connectivity index (χ2v) is 7.08. The third-order valence-corrected chi connectivity index (χ3v) is 4.68. The fourth-order valence-corrected chi connectivity index (χ4v) is 3.05. The molecule has 0 aromatic heterocycles. The molecule has 1 fully saturated rings. The van der Waals surface area contributed by atoms with E-state index in [1.807, 2.05) is 6.92 Å². The van der Waals surface area contributed by atoms with Gasteiger partial charge in [-0.3, -0.25) is 4.55 Å². The van der Waals surface area contributed by atoms with Crippen LogP contribution in [0.5, 0.6) is 0 Å². The molecule has 0 atom stereocenters. The Labute approximate surface area is 128 Å². The summed E-state index contributed by atoms with van der Waals surface area (Å²) < 4.78 is 29.6. The summed E-state index contributed by atoms with van der Waals surface area (Å²) in [7, 11) is -4.02. The minimum absolute atomic E-state index is 0.0666. The highest BCUT2D eigenvalue weighted by atomic mass is 32.2. The molecule has 2 N–H and O–H groups in total. The van der Waals surface area contributed by atoms with Crippen molar-refractivity contribution in [2.24, 2.45) is 5.92 Å². The first-order valence-corrected chi connectivity index (χ1v) is 9.02.